The predicted molar refractivity (Wildman–Crippen MR) is 70.1 cm³/mol. The summed E-state index contributed by atoms with van der Waals surface area (Å²) in [6.45, 7) is 10.5. The summed E-state index contributed by atoms with van der Waals surface area (Å²) in [7, 11) is -3.84. The molecule has 0 aliphatic rings. The lowest BCUT2D eigenvalue weighted by atomic mass is 10.3. The second kappa shape index (κ2) is 9.37. The van der Waals surface area contributed by atoms with Crippen LogP contribution in [-0.4, -0.2) is 29.5 Å². The van der Waals surface area contributed by atoms with Gasteiger partial charge in [0.15, 0.2) is 0 Å². The summed E-state index contributed by atoms with van der Waals surface area (Å²) >= 11 is 0. The van der Waals surface area contributed by atoms with Crippen LogP contribution >= 0.6 is 0 Å². The zero-order chi connectivity index (χ0) is 15.6. The smallest absolute Gasteiger partial charge is 0.269 e. The van der Waals surface area contributed by atoms with E-state index >= 15 is 0 Å². The van der Waals surface area contributed by atoms with E-state index in [0.717, 1.165) is 12.2 Å². The number of rotatable bonds is 2. The van der Waals surface area contributed by atoms with Crippen LogP contribution < -0.4 is 11.5 Å². The summed E-state index contributed by atoms with van der Waals surface area (Å²) in [5.41, 5.74) is 9.07. The van der Waals surface area contributed by atoms with Gasteiger partial charge in [-0.1, -0.05) is 13.2 Å². The van der Waals surface area contributed by atoms with E-state index in [4.69, 9.17) is 4.55 Å². The van der Waals surface area contributed by atoms with Crippen LogP contribution in [0.1, 0.15) is 20.8 Å². The third-order valence-electron chi connectivity index (χ3n) is 1.18. The van der Waals surface area contributed by atoms with Crippen molar-refractivity contribution in [2.24, 2.45) is 11.5 Å². The molecule has 7 nitrogen and oxygen atoms in total. The summed E-state index contributed by atoms with van der Waals surface area (Å²) in [5, 5.41) is 0. The Hall–Kier alpha value is -1.67. The van der Waals surface area contributed by atoms with Gasteiger partial charge in [-0.3, -0.25) is 14.1 Å². The van der Waals surface area contributed by atoms with Crippen molar-refractivity contribution in [3.63, 3.8) is 0 Å². The zero-order valence-corrected chi connectivity index (χ0v) is 11.5. The van der Waals surface area contributed by atoms with Crippen LogP contribution in [0.4, 0.5) is 0 Å². The number of hydrogen-bond acceptors (Lipinski definition) is 4. The van der Waals surface area contributed by atoms with Gasteiger partial charge in [-0.15, -0.1) is 0 Å². The molecule has 0 atom stereocenters. The minimum atomic E-state index is -3.84. The number of amides is 2. The molecule has 106 valence electrons. The monoisotopic (exact) mass is 280 g/mol. The Labute approximate surface area is 107 Å². The number of carbonyl (C=O) groups is 2. The van der Waals surface area contributed by atoms with Crippen molar-refractivity contribution in [1.82, 2.24) is 0 Å². The molecular weight excluding hydrogens is 260 g/mol. The van der Waals surface area contributed by atoms with E-state index in [2.05, 4.69) is 24.6 Å². The highest BCUT2D eigenvalue weighted by atomic mass is 32.2. The SMILES string of the molecule is C=CC(N)=O.C=CC(N)=O.CC(C)(C)S(=O)(=O)O. The predicted octanol–water partition coefficient (Wildman–Crippen LogP) is -0.0119. The molecule has 0 aromatic rings. The van der Waals surface area contributed by atoms with E-state index in [9.17, 15) is 18.0 Å². The molecule has 0 fully saturated rings. The van der Waals surface area contributed by atoms with Gasteiger partial charge in [-0.25, -0.2) is 0 Å². The first-order valence-electron chi connectivity index (χ1n) is 4.60. The van der Waals surface area contributed by atoms with Gasteiger partial charge >= 0.3 is 0 Å². The van der Waals surface area contributed by atoms with E-state index in [-0.39, 0.29) is 0 Å². The minimum absolute atomic E-state index is 0.481. The highest BCUT2D eigenvalue weighted by Gasteiger charge is 2.25. The first-order valence-corrected chi connectivity index (χ1v) is 6.04. The molecule has 0 saturated carbocycles. The molecule has 0 heterocycles. The van der Waals surface area contributed by atoms with Gasteiger partial charge in [0.25, 0.3) is 10.1 Å². The summed E-state index contributed by atoms with van der Waals surface area (Å²) < 4.78 is 27.7. The van der Waals surface area contributed by atoms with E-state index in [0.29, 0.717) is 0 Å². The van der Waals surface area contributed by atoms with Gasteiger partial charge in [-0.05, 0) is 32.9 Å². The molecule has 0 saturated heterocycles. The van der Waals surface area contributed by atoms with Crippen molar-refractivity contribution in [2.75, 3.05) is 0 Å². The standard InChI is InChI=1S/C4H10O3S.2C3H5NO/c1-4(2,3)8(5,6)7;2*1-2-3(4)5/h1-3H3,(H,5,6,7);2*2H,1H2,(H2,4,5). The molecular formula is C10H20N2O5S. The topological polar surface area (TPSA) is 141 Å². The largest absolute Gasteiger partial charge is 0.366 e. The van der Waals surface area contributed by atoms with Crippen molar-refractivity contribution >= 4 is 21.9 Å². The first-order chi connectivity index (χ1) is 7.79. The summed E-state index contributed by atoms with van der Waals surface area (Å²) in [6, 6.07) is 0. The Bertz CT molecular complexity index is 375. The lowest BCUT2D eigenvalue weighted by Crippen LogP contribution is -2.26. The first kappa shape index (κ1) is 21.6. The van der Waals surface area contributed by atoms with Crippen molar-refractivity contribution in [2.45, 2.75) is 25.5 Å². The molecule has 0 bridgehead atoms. The minimum Gasteiger partial charge on any atom is -0.366 e. The molecule has 18 heavy (non-hydrogen) atoms. The average molecular weight is 280 g/mol. The zero-order valence-electron chi connectivity index (χ0n) is 10.7. The fourth-order valence-corrected chi connectivity index (χ4v) is 0. The third kappa shape index (κ3) is 19.8. The molecule has 0 aliphatic carbocycles. The maximum absolute atomic E-state index is 10.2. The summed E-state index contributed by atoms with van der Waals surface area (Å²) in [4.78, 5) is 18.9. The molecule has 0 spiro atoms. The van der Waals surface area contributed by atoms with Crippen LogP contribution in [0.25, 0.3) is 0 Å². The molecule has 5 N–H and O–H groups in total. The molecule has 8 heteroatoms. The maximum Gasteiger partial charge on any atom is 0.269 e. The Balaban J connectivity index is -0.000000197. The van der Waals surface area contributed by atoms with Crippen LogP contribution in [0.5, 0.6) is 0 Å². The van der Waals surface area contributed by atoms with E-state index in [1.165, 1.54) is 20.8 Å². The third-order valence-corrected chi connectivity index (χ3v) is 2.72. The Morgan fingerprint density at radius 2 is 1.17 bits per heavy atom. The quantitative estimate of drug-likeness (QED) is 0.482. The van der Waals surface area contributed by atoms with E-state index in [1.54, 1.807) is 0 Å². The second-order valence-electron chi connectivity index (χ2n) is 3.80. The van der Waals surface area contributed by atoms with Crippen LogP contribution in [-0.2, 0) is 19.7 Å². The highest BCUT2D eigenvalue weighted by Crippen LogP contribution is 2.11. The van der Waals surface area contributed by atoms with E-state index < -0.39 is 26.7 Å². The molecule has 0 radical (unpaired) electrons. The maximum atomic E-state index is 10.2. The average Bonchev–Trinajstić information content (AvgIpc) is 2.16. The lowest BCUT2D eigenvalue weighted by Gasteiger charge is -2.12. The molecule has 0 aromatic heterocycles. The van der Waals surface area contributed by atoms with E-state index in [1.807, 2.05) is 0 Å². The molecule has 0 aliphatic heterocycles. The number of nitrogens with two attached hydrogens (primary N) is 2. The molecule has 0 unspecified atom stereocenters. The van der Waals surface area contributed by atoms with Gasteiger partial charge in [-0.2, -0.15) is 8.42 Å². The number of primary amides is 2. The van der Waals surface area contributed by atoms with Gasteiger partial charge in [0, 0.05) is 0 Å². The Kier molecular flexibility index (Phi) is 11.2. The van der Waals surface area contributed by atoms with Crippen molar-refractivity contribution in [1.29, 1.82) is 0 Å². The number of hydrogen-bond donors (Lipinski definition) is 3. The molecule has 0 rings (SSSR count). The van der Waals surface area contributed by atoms with Crippen LogP contribution in [0, 0.1) is 0 Å². The molecule has 2 amide bonds. The lowest BCUT2D eigenvalue weighted by molar-refractivity contribution is -0.114. The number of carbonyl (C=O) groups excluding carboxylic acids is 2. The van der Waals surface area contributed by atoms with Crippen molar-refractivity contribution in [3.05, 3.63) is 25.3 Å². The van der Waals surface area contributed by atoms with Crippen LogP contribution in [0.2, 0.25) is 0 Å². The summed E-state index contributed by atoms with van der Waals surface area (Å²) in [5.74, 6) is -0.963. The van der Waals surface area contributed by atoms with Crippen molar-refractivity contribution < 1.29 is 22.6 Å². The van der Waals surface area contributed by atoms with Gasteiger partial charge in [0.1, 0.15) is 0 Å². The molecule has 0 aromatic carbocycles. The van der Waals surface area contributed by atoms with Crippen LogP contribution in [0.15, 0.2) is 25.3 Å². The second-order valence-corrected chi connectivity index (χ2v) is 5.98. The van der Waals surface area contributed by atoms with Gasteiger partial charge in [0.2, 0.25) is 11.8 Å². The Morgan fingerprint density at radius 3 is 1.17 bits per heavy atom. The fourth-order valence-electron chi connectivity index (χ4n) is 0. The fraction of sp³-hybridized carbons (Fsp3) is 0.400. The summed E-state index contributed by atoms with van der Waals surface area (Å²) in [6.07, 6.45) is 2.11. The van der Waals surface area contributed by atoms with Crippen LogP contribution in [0.3, 0.4) is 0 Å². The van der Waals surface area contributed by atoms with Gasteiger partial charge < -0.3 is 11.5 Å². The van der Waals surface area contributed by atoms with Crippen molar-refractivity contribution in [3.8, 4) is 0 Å². The normalized spacial score (nSPS) is 9.78. The van der Waals surface area contributed by atoms with Gasteiger partial charge in [0.05, 0.1) is 4.75 Å². The highest BCUT2D eigenvalue weighted by molar-refractivity contribution is 7.87. The Morgan fingerprint density at radius 1 is 1.06 bits per heavy atom.